The van der Waals surface area contributed by atoms with Gasteiger partial charge in [-0.15, -0.1) is 0 Å². The molecule has 0 aliphatic heterocycles. The first-order chi connectivity index (χ1) is 9.24. The van der Waals surface area contributed by atoms with E-state index < -0.39 is 11.5 Å². The molecule has 4 heteroatoms. The average molecular weight is 278 g/mol. The Hall–Kier alpha value is -1.55. The molecule has 1 unspecified atom stereocenters. The highest BCUT2D eigenvalue weighted by molar-refractivity contribution is 5.78. The predicted octanol–water partition coefficient (Wildman–Crippen LogP) is 2.66. The highest BCUT2D eigenvalue weighted by Crippen LogP contribution is 2.17. The van der Waals surface area contributed by atoms with Gasteiger partial charge in [0.1, 0.15) is 5.54 Å². The molecule has 0 fully saturated rings. The van der Waals surface area contributed by atoms with Crippen LogP contribution >= 0.6 is 0 Å². The van der Waals surface area contributed by atoms with Crippen LogP contribution in [0.15, 0.2) is 24.3 Å². The minimum atomic E-state index is -0.896. The van der Waals surface area contributed by atoms with Gasteiger partial charge in [0.05, 0.1) is 0 Å². The molecule has 0 saturated carbocycles. The van der Waals surface area contributed by atoms with Crippen LogP contribution in [0.1, 0.15) is 32.8 Å². The molecule has 0 heterocycles. The summed E-state index contributed by atoms with van der Waals surface area (Å²) < 4.78 is 0. The number of carbonyl (C=O) groups is 1. The summed E-state index contributed by atoms with van der Waals surface area (Å²) in [7, 11) is 1.99. The topological polar surface area (TPSA) is 52.6 Å². The molecule has 0 amide bonds. The highest BCUT2D eigenvalue weighted by atomic mass is 16.4. The number of hydrogen-bond acceptors (Lipinski definition) is 3. The Balaban J connectivity index is 2.67. The van der Waals surface area contributed by atoms with Gasteiger partial charge in [-0.3, -0.25) is 10.1 Å². The molecule has 0 spiro atoms. The van der Waals surface area contributed by atoms with Crippen LogP contribution < -0.4 is 10.2 Å². The summed E-state index contributed by atoms with van der Waals surface area (Å²) >= 11 is 0. The maximum absolute atomic E-state index is 11.5. The van der Waals surface area contributed by atoms with Crippen LogP contribution in [0.3, 0.4) is 0 Å². The van der Waals surface area contributed by atoms with Crippen molar-refractivity contribution in [2.75, 3.05) is 18.5 Å². The van der Waals surface area contributed by atoms with E-state index in [2.05, 4.69) is 41.4 Å². The molecule has 20 heavy (non-hydrogen) atoms. The number of aryl methyl sites for hydroxylation is 1. The molecule has 0 aromatic heterocycles. The molecule has 0 saturated heterocycles. The van der Waals surface area contributed by atoms with Gasteiger partial charge in [0.2, 0.25) is 0 Å². The molecule has 1 atom stereocenters. The summed E-state index contributed by atoms with van der Waals surface area (Å²) in [6.45, 7) is 8.41. The Kier molecular flexibility index (Phi) is 5.57. The first kappa shape index (κ1) is 16.5. The Morgan fingerprint density at radius 2 is 1.90 bits per heavy atom. The van der Waals surface area contributed by atoms with Crippen LogP contribution in [-0.2, 0) is 4.79 Å². The lowest BCUT2D eigenvalue weighted by atomic mass is 9.96. The molecular formula is C16H26N2O2. The molecule has 0 bridgehead atoms. The first-order valence-electron chi connectivity index (χ1n) is 7.03. The number of nitrogens with one attached hydrogen (secondary N) is 1. The van der Waals surface area contributed by atoms with Gasteiger partial charge in [-0.05, 0) is 46.2 Å². The second-order valence-electron chi connectivity index (χ2n) is 5.94. The fourth-order valence-corrected chi connectivity index (χ4v) is 2.20. The summed E-state index contributed by atoms with van der Waals surface area (Å²) in [4.78, 5) is 13.6. The number of benzene rings is 1. The maximum Gasteiger partial charge on any atom is 0.323 e. The number of carboxylic acid groups (broad SMARTS) is 1. The summed E-state index contributed by atoms with van der Waals surface area (Å²) in [6, 6.07) is 8.39. The lowest BCUT2D eigenvalue weighted by molar-refractivity contribution is -0.144. The fraction of sp³-hybridized carbons (Fsp3) is 0.562. The van der Waals surface area contributed by atoms with Crippen molar-refractivity contribution in [3.05, 3.63) is 29.8 Å². The molecule has 0 radical (unpaired) electrons. The van der Waals surface area contributed by atoms with Crippen LogP contribution in [0.2, 0.25) is 0 Å². The average Bonchev–Trinajstić information content (AvgIpc) is 2.36. The van der Waals surface area contributed by atoms with Gasteiger partial charge in [0.25, 0.3) is 0 Å². The van der Waals surface area contributed by atoms with Crippen LogP contribution in [0.25, 0.3) is 0 Å². The third-order valence-corrected chi connectivity index (χ3v) is 3.50. The standard InChI is InChI=1S/C16H26N2O2/c1-12(2)17-16(4,15(19)20)10-11-18(5)14-8-6-13(3)7-9-14/h6-9,12,17H,10-11H2,1-5H3,(H,19,20). The molecule has 4 nitrogen and oxygen atoms in total. The van der Waals surface area contributed by atoms with E-state index in [9.17, 15) is 9.90 Å². The number of rotatable bonds is 7. The van der Waals surface area contributed by atoms with Gasteiger partial charge in [-0.1, -0.05) is 17.7 Å². The number of aliphatic carboxylic acids is 1. The van der Waals surface area contributed by atoms with Crippen molar-refractivity contribution in [3.63, 3.8) is 0 Å². The number of anilines is 1. The Morgan fingerprint density at radius 1 is 1.35 bits per heavy atom. The summed E-state index contributed by atoms with van der Waals surface area (Å²) in [5, 5.41) is 12.6. The minimum absolute atomic E-state index is 0.140. The van der Waals surface area contributed by atoms with Crippen molar-refractivity contribution in [2.24, 2.45) is 0 Å². The van der Waals surface area contributed by atoms with Gasteiger partial charge in [-0.2, -0.15) is 0 Å². The van der Waals surface area contributed by atoms with Crippen molar-refractivity contribution in [1.82, 2.24) is 5.32 Å². The molecular weight excluding hydrogens is 252 g/mol. The van der Waals surface area contributed by atoms with Gasteiger partial charge >= 0.3 is 5.97 Å². The van der Waals surface area contributed by atoms with Gasteiger partial charge in [0, 0.05) is 25.3 Å². The minimum Gasteiger partial charge on any atom is -0.480 e. The third-order valence-electron chi connectivity index (χ3n) is 3.50. The van der Waals surface area contributed by atoms with Crippen molar-refractivity contribution >= 4 is 11.7 Å². The second-order valence-corrected chi connectivity index (χ2v) is 5.94. The summed E-state index contributed by atoms with van der Waals surface area (Å²) in [6.07, 6.45) is 0.547. The van der Waals surface area contributed by atoms with Crippen molar-refractivity contribution in [1.29, 1.82) is 0 Å². The van der Waals surface area contributed by atoms with E-state index in [0.717, 1.165) is 5.69 Å². The van der Waals surface area contributed by atoms with Crippen LogP contribution in [0, 0.1) is 6.92 Å². The maximum atomic E-state index is 11.5. The predicted molar refractivity (Wildman–Crippen MR) is 83.4 cm³/mol. The SMILES string of the molecule is Cc1ccc(N(C)CCC(C)(NC(C)C)C(=O)O)cc1. The van der Waals surface area contributed by atoms with Crippen LogP contribution in [0.5, 0.6) is 0 Å². The third kappa shape index (κ3) is 4.53. The first-order valence-corrected chi connectivity index (χ1v) is 7.03. The quantitative estimate of drug-likeness (QED) is 0.805. The van der Waals surface area contributed by atoms with E-state index in [1.165, 1.54) is 5.56 Å². The molecule has 0 aliphatic rings. The Morgan fingerprint density at radius 3 is 2.35 bits per heavy atom. The van der Waals surface area contributed by atoms with Gasteiger partial charge in [0.15, 0.2) is 0 Å². The molecule has 1 aromatic rings. The van der Waals surface area contributed by atoms with E-state index >= 15 is 0 Å². The lowest BCUT2D eigenvalue weighted by Crippen LogP contribution is -2.53. The zero-order chi connectivity index (χ0) is 15.3. The largest absolute Gasteiger partial charge is 0.480 e. The van der Waals surface area contributed by atoms with Crippen molar-refractivity contribution in [2.45, 2.75) is 45.7 Å². The zero-order valence-corrected chi connectivity index (χ0v) is 13.1. The van der Waals surface area contributed by atoms with Crippen LogP contribution in [0.4, 0.5) is 5.69 Å². The van der Waals surface area contributed by atoms with Crippen molar-refractivity contribution < 1.29 is 9.90 Å². The summed E-state index contributed by atoms with van der Waals surface area (Å²) in [5.74, 6) is -0.802. The molecule has 1 aromatic carbocycles. The number of nitrogens with zero attached hydrogens (tertiary/aromatic N) is 1. The smallest absolute Gasteiger partial charge is 0.323 e. The summed E-state index contributed by atoms with van der Waals surface area (Å²) in [5.41, 5.74) is 1.43. The van der Waals surface area contributed by atoms with E-state index in [1.807, 2.05) is 20.9 Å². The zero-order valence-electron chi connectivity index (χ0n) is 13.1. The number of carboxylic acids is 1. The molecule has 1 rings (SSSR count). The fourth-order valence-electron chi connectivity index (χ4n) is 2.20. The van der Waals surface area contributed by atoms with E-state index in [-0.39, 0.29) is 6.04 Å². The van der Waals surface area contributed by atoms with Crippen LogP contribution in [-0.4, -0.2) is 36.2 Å². The molecule has 0 aliphatic carbocycles. The van der Waals surface area contributed by atoms with E-state index in [4.69, 9.17) is 0 Å². The number of hydrogen-bond donors (Lipinski definition) is 2. The van der Waals surface area contributed by atoms with Crippen molar-refractivity contribution in [3.8, 4) is 0 Å². The van der Waals surface area contributed by atoms with Gasteiger partial charge in [-0.25, -0.2) is 0 Å². The lowest BCUT2D eigenvalue weighted by Gasteiger charge is -2.31. The monoisotopic (exact) mass is 278 g/mol. The van der Waals surface area contributed by atoms with E-state index in [0.29, 0.717) is 13.0 Å². The highest BCUT2D eigenvalue weighted by Gasteiger charge is 2.33. The molecule has 112 valence electrons. The second kappa shape index (κ2) is 6.75. The van der Waals surface area contributed by atoms with Gasteiger partial charge < -0.3 is 10.0 Å². The van der Waals surface area contributed by atoms with E-state index in [1.54, 1.807) is 6.92 Å². The normalized spacial score (nSPS) is 14.1. The Labute approximate surface area is 121 Å². The Bertz CT molecular complexity index is 442. The molecule has 2 N–H and O–H groups in total.